The van der Waals surface area contributed by atoms with Gasteiger partial charge in [-0.15, -0.1) is 0 Å². The summed E-state index contributed by atoms with van der Waals surface area (Å²) >= 11 is 0. The van der Waals surface area contributed by atoms with Gasteiger partial charge >= 0.3 is 0 Å². The predicted molar refractivity (Wildman–Crippen MR) is 113 cm³/mol. The second-order valence-corrected chi connectivity index (χ2v) is 7.32. The van der Waals surface area contributed by atoms with Gasteiger partial charge in [-0.2, -0.15) is 0 Å². The Kier molecular flexibility index (Phi) is 4.29. The molecule has 146 valence electrons. The zero-order valence-electron chi connectivity index (χ0n) is 16.0. The van der Waals surface area contributed by atoms with Gasteiger partial charge in [0.25, 0.3) is 11.8 Å². The van der Waals surface area contributed by atoms with Gasteiger partial charge in [0.05, 0.1) is 17.2 Å². The monoisotopic (exact) mass is 394 g/mol. The first-order valence-corrected chi connectivity index (χ1v) is 9.75. The van der Waals surface area contributed by atoms with Crippen molar-refractivity contribution in [2.24, 2.45) is 0 Å². The second kappa shape index (κ2) is 7.12. The van der Waals surface area contributed by atoms with Crippen LogP contribution in [0, 0.1) is 0 Å². The summed E-state index contributed by atoms with van der Waals surface area (Å²) < 4.78 is 0. The van der Waals surface area contributed by atoms with Gasteiger partial charge in [-0.1, -0.05) is 78.9 Å². The lowest BCUT2D eigenvalue weighted by molar-refractivity contribution is -0.133. The van der Waals surface area contributed by atoms with Crippen molar-refractivity contribution in [1.29, 1.82) is 0 Å². The first kappa shape index (κ1) is 18.1. The lowest BCUT2D eigenvalue weighted by atomic mass is 9.90. The maximum atomic E-state index is 12.9. The van der Waals surface area contributed by atoms with Gasteiger partial charge in [0, 0.05) is 0 Å². The Balaban J connectivity index is 1.54. The van der Waals surface area contributed by atoms with Crippen LogP contribution in [-0.4, -0.2) is 34.7 Å². The Morgan fingerprint density at radius 3 is 1.63 bits per heavy atom. The van der Waals surface area contributed by atoms with Gasteiger partial charge in [-0.25, -0.2) is 0 Å². The van der Waals surface area contributed by atoms with Crippen LogP contribution in [0.15, 0.2) is 91.0 Å². The fourth-order valence-corrected chi connectivity index (χ4v) is 4.04. The molecule has 1 N–H and O–H groups in total. The van der Waals surface area contributed by atoms with Crippen LogP contribution in [0.5, 0.6) is 0 Å². The van der Waals surface area contributed by atoms with Crippen LogP contribution in [0.4, 0.5) is 0 Å². The second-order valence-electron chi connectivity index (χ2n) is 7.32. The van der Waals surface area contributed by atoms with Crippen molar-refractivity contribution >= 4 is 23.3 Å². The van der Waals surface area contributed by atoms with Gasteiger partial charge in [0.2, 0.25) is 5.91 Å². The van der Waals surface area contributed by atoms with Crippen molar-refractivity contribution in [1.82, 2.24) is 10.2 Å². The van der Waals surface area contributed by atoms with Gasteiger partial charge in [0.1, 0.15) is 6.04 Å². The van der Waals surface area contributed by atoms with Crippen LogP contribution in [-0.2, 0) is 4.79 Å². The highest BCUT2D eigenvalue weighted by Gasteiger charge is 2.51. The number of hydrogen-bond acceptors (Lipinski definition) is 3. The number of nitrogens with zero attached hydrogens (tertiary/aromatic N) is 1. The van der Waals surface area contributed by atoms with Crippen LogP contribution < -0.4 is 5.32 Å². The number of hydrogen-bond donors (Lipinski definition) is 1. The third-order valence-corrected chi connectivity index (χ3v) is 5.54. The van der Waals surface area contributed by atoms with Gasteiger partial charge in [-0.3, -0.25) is 19.3 Å². The Morgan fingerprint density at radius 2 is 1.17 bits per heavy atom. The van der Waals surface area contributed by atoms with Crippen LogP contribution in [0.3, 0.4) is 0 Å². The van der Waals surface area contributed by atoms with Crippen LogP contribution >= 0.6 is 0 Å². The molecule has 1 saturated heterocycles. The van der Waals surface area contributed by atoms with E-state index in [0.29, 0.717) is 11.1 Å². The maximum absolute atomic E-state index is 12.9. The quantitative estimate of drug-likeness (QED) is 0.546. The molecule has 2 atom stereocenters. The lowest BCUT2D eigenvalue weighted by Crippen LogP contribution is -2.69. The summed E-state index contributed by atoms with van der Waals surface area (Å²) in [6, 6.07) is 25.0. The minimum atomic E-state index is -0.861. The van der Waals surface area contributed by atoms with Crippen molar-refractivity contribution in [3.05, 3.63) is 113 Å². The van der Waals surface area contributed by atoms with Crippen molar-refractivity contribution in [3.63, 3.8) is 0 Å². The highest BCUT2D eigenvalue weighted by molar-refractivity contribution is 6.23. The largest absolute Gasteiger partial charge is 0.345 e. The average Bonchev–Trinajstić information content (AvgIpc) is 3.03. The molecule has 2 aliphatic rings. The lowest BCUT2D eigenvalue weighted by Gasteiger charge is -2.39. The van der Waals surface area contributed by atoms with Gasteiger partial charge in [-0.05, 0) is 28.8 Å². The normalized spacial score (nSPS) is 19.7. The molecule has 2 aliphatic heterocycles. The van der Waals surface area contributed by atoms with E-state index in [4.69, 9.17) is 0 Å². The van der Waals surface area contributed by atoms with E-state index in [2.05, 4.69) is 5.32 Å². The number of fused-ring (bicyclic) bond motifs is 1. The molecule has 0 bridgehead atoms. The molecule has 30 heavy (non-hydrogen) atoms. The molecule has 2 heterocycles. The first-order valence-electron chi connectivity index (χ1n) is 9.75. The van der Waals surface area contributed by atoms with E-state index in [0.717, 1.165) is 21.6 Å². The number of carbonyl (C=O) groups excluding carboxylic acids is 3. The van der Waals surface area contributed by atoms with Crippen molar-refractivity contribution in [2.75, 3.05) is 0 Å². The summed E-state index contributed by atoms with van der Waals surface area (Å²) in [6.45, 7) is 0. The van der Waals surface area contributed by atoms with Crippen LogP contribution in [0.2, 0.25) is 0 Å². The van der Waals surface area contributed by atoms with Crippen LogP contribution in [0.1, 0.15) is 31.8 Å². The molecule has 0 aromatic heterocycles. The number of rotatable bonds is 4. The molecule has 5 nitrogen and oxygen atoms in total. The predicted octanol–water partition coefficient (Wildman–Crippen LogP) is 3.28. The van der Waals surface area contributed by atoms with E-state index in [1.54, 1.807) is 24.3 Å². The molecule has 3 aromatic rings. The summed E-state index contributed by atoms with van der Waals surface area (Å²) in [5.74, 6) is -1.17. The van der Waals surface area contributed by atoms with E-state index in [1.807, 2.05) is 66.7 Å². The van der Waals surface area contributed by atoms with Crippen molar-refractivity contribution in [2.45, 2.75) is 12.1 Å². The van der Waals surface area contributed by atoms with E-state index in [1.165, 1.54) is 0 Å². The summed E-state index contributed by atoms with van der Waals surface area (Å²) in [7, 11) is 0. The number of β-lactam (4-membered cyclic amide) rings is 1. The topological polar surface area (TPSA) is 66.5 Å². The van der Waals surface area contributed by atoms with E-state index >= 15 is 0 Å². The highest BCUT2D eigenvalue weighted by Crippen LogP contribution is 2.31. The summed E-state index contributed by atoms with van der Waals surface area (Å²) in [6.07, 6.45) is 1.93. The Hall–Kier alpha value is -3.99. The molecule has 0 spiro atoms. The molecule has 0 saturated carbocycles. The number of benzene rings is 3. The van der Waals surface area contributed by atoms with Gasteiger partial charge in [0.15, 0.2) is 0 Å². The number of nitrogens with one attached hydrogen (secondary N) is 1. The molecule has 1 fully saturated rings. The van der Waals surface area contributed by atoms with E-state index < -0.39 is 23.9 Å². The molecule has 5 rings (SSSR count). The molecular formula is C25H18N2O3. The molecule has 0 aliphatic carbocycles. The maximum Gasteiger partial charge on any atom is 0.262 e. The Morgan fingerprint density at radius 1 is 0.700 bits per heavy atom. The van der Waals surface area contributed by atoms with Crippen molar-refractivity contribution in [3.8, 4) is 0 Å². The van der Waals surface area contributed by atoms with Crippen LogP contribution in [0.25, 0.3) is 5.57 Å². The molecule has 0 unspecified atom stereocenters. The Labute approximate surface area is 173 Å². The third kappa shape index (κ3) is 2.83. The van der Waals surface area contributed by atoms with Gasteiger partial charge < -0.3 is 5.32 Å². The minimum Gasteiger partial charge on any atom is -0.345 e. The minimum absolute atomic E-state index is 0.328. The molecule has 3 aromatic carbocycles. The summed E-state index contributed by atoms with van der Waals surface area (Å²) in [5, 5.41) is 2.85. The molecule has 0 radical (unpaired) electrons. The SMILES string of the molecule is O=C1N[C@@H](C=C(c2ccccc2)c2ccccc2)[C@H]1N1C(=O)c2ccccc2C1=O. The standard InChI is InChI=1S/C25H18N2O3/c28-23-22(27-24(29)18-13-7-8-14-19(18)25(27)30)21(26-23)15-20(16-9-3-1-4-10-16)17-11-5-2-6-12-17/h1-15,21-22H,(H,26,28)/t21-,22+/m0/s1. The van der Waals surface area contributed by atoms with E-state index in [-0.39, 0.29) is 5.91 Å². The number of amides is 3. The number of carbonyl (C=O) groups is 3. The molecule has 3 amide bonds. The molecule has 5 heteroatoms. The summed E-state index contributed by atoms with van der Waals surface area (Å²) in [4.78, 5) is 39.3. The highest BCUT2D eigenvalue weighted by atomic mass is 16.2. The smallest absolute Gasteiger partial charge is 0.262 e. The zero-order chi connectivity index (χ0) is 20.7. The average molecular weight is 394 g/mol. The first-order chi connectivity index (χ1) is 14.6. The number of imide groups is 1. The van der Waals surface area contributed by atoms with Crippen molar-refractivity contribution < 1.29 is 14.4 Å². The molecular weight excluding hydrogens is 376 g/mol. The van der Waals surface area contributed by atoms with E-state index in [9.17, 15) is 14.4 Å². The summed E-state index contributed by atoms with van der Waals surface area (Å²) in [5.41, 5.74) is 3.60. The Bertz CT molecular complexity index is 1110. The third-order valence-electron chi connectivity index (χ3n) is 5.54. The fraction of sp³-hybridized carbons (Fsp3) is 0.0800. The fourth-order valence-electron chi connectivity index (χ4n) is 4.04. The zero-order valence-corrected chi connectivity index (χ0v) is 16.0.